The van der Waals surface area contributed by atoms with Crippen LogP contribution in [0.25, 0.3) is 0 Å². The number of hydrogen-bond donors (Lipinski definition) is 1. The van der Waals surface area contributed by atoms with E-state index in [1.54, 1.807) is 29.5 Å². The van der Waals surface area contributed by atoms with Gasteiger partial charge in [-0.15, -0.1) is 36.9 Å². The normalized spacial score (nSPS) is 17.1. The first-order valence-electron chi connectivity index (χ1n) is 7.37. The van der Waals surface area contributed by atoms with Crippen molar-refractivity contribution in [2.24, 2.45) is 0 Å². The summed E-state index contributed by atoms with van der Waals surface area (Å²) in [6.45, 7) is 3.21. The van der Waals surface area contributed by atoms with Crippen molar-refractivity contribution < 1.29 is 17.9 Å². The van der Waals surface area contributed by atoms with Gasteiger partial charge in [0.05, 0.1) is 6.04 Å². The number of benzene rings is 1. The van der Waals surface area contributed by atoms with E-state index in [1.807, 2.05) is 17.5 Å². The first-order chi connectivity index (χ1) is 11.0. The van der Waals surface area contributed by atoms with Gasteiger partial charge < -0.3 is 10.1 Å². The number of halogens is 4. The summed E-state index contributed by atoms with van der Waals surface area (Å²) in [6.07, 6.45) is -4.69. The molecule has 0 aliphatic carbocycles. The highest BCUT2D eigenvalue weighted by Crippen LogP contribution is 2.38. The first kappa shape index (κ1) is 19.1. The predicted molar refractivity (Wildman–Crippen MR) is 91.0 cm³/mol. The van der Waals surface area contributed by atoms with Crippen molar-refractivity contribution in [3.8, 4) is 5.75 Å². The predicted octanol–water partition coefficient (Wildman–Crippen LogP) is 4.06. The van der Waals surface area contributed by atoms with Crippen LogP contribution in [0.5, 0.6) is 5.75 Å². The topological polar surface area (TPSA) is 24.5 Å². The number of ether oxygens (including phenoxy) is 1. The molecule has 0 unspecified atom stereocenters. The van der Waals surface area contributed by atoms with Crippen LogP contribution < -0.4 is 10.1 Å². The van der Waals surface area contributed by atoms with Gasteiger partial charge in [0.1, 0.15) is 5.75 Å². The minimum Gasteiger partial charge on any atom is -0.405 e. The van der Waals surface area contributed by atoms with Crippen molar-refractivity contribution in [2.75, 3.05) is 26.2 Å². The number of hydrogen-bond acceptors (Lipinski definition) is 4. The molecule has 3 nitrogen and oxygen atoms in total. The van der Waals surface area contributed by atoms with Gasteiger partial charge in [0.2, 0.25) is 0 Å². The van der Waals surface area contributed by atoms with E-state index < -0.39 is 6.36 Å². The van der Waals surface area contributed by atoms with Crippen LogP contribution >= 0.6 is 23.7 Å². The Balaban J connectivity index is 0.00000208. The molecule has 0 saturated carbocycles. The lowest BCUT2D eigenvalue weighted by molar-refractivity contribution is -0.275. The van der Waals surface area contributed by atoms with Gasteiger partial charge >= 0.3 is 6.36 Å². The lowest BCUT2D eigenvalue weighted by Crippen LogP contribution is -2.45. The van der Waals surface area contributed by atoms with Crippen molar-refractivity contribution in [3.63, 3.8) is 0 Å². The van der Waals surface area contributed by atoms with Gasteiger partial charge in [0.15, 0.2) is 0 Å². The van der Waals surface area contributed by atoms with Crippen LogP contribution in [0.2, 0.25) is 0 Å². The maximum atomic E-state index is 12.7. The maximum absolute atomic E-state index is 12.7. The van der Waals surface area contributed by atoms with Gasteiger partial charge in [-0.2, -0.15) is 0 Å². The van der Waals surface area contributed by atoms with E-state index in [0.717, 1.165) is 31.1 Å². The van der Waals surface area contributed by atoms with Crippen molar-refractivity contribution in [3.05, 3.63) is 52.2 Å². The largest absolute Gasteiger partial charge is 0.573 e. The highest BCUT2D eigenvalue weighted by atomic mass is 35.5. The third kappa shape index (κ3) is 4.63. The number of alkyl halides is 3. The summed E-state index contributed by atoms with van der Waals surface area (Å²) < 4.78 is 42.4. The third-order valence-corrected chi connectivity index (χ3v) is 4.69. The first-order valence-corrected chi connectivity index (χ1v) is 8.25. The Bertz CT molecular complexity index is 631. The van der Waals surface area contributed by atoms with E-state index in [-0.39, 0.29) is 24.2 Å². The fourth-order valence-corrected chi connectivity index (χ4v) is 3.72. The number of thiophene rings is 1. The molecular formula is C16H18ClF3N2OS. The minimum atomic E-state index is -4.69. The SMILES string of the molecule is Cl.FC(F)(F)Oc1ccccc1[C@H](c1cccs1)N1CCNCC1. The third-order valence-electron chi connectivity index (χ3n) is 3.77. The van der Waals surface area contributed by atoms with Gasteiger partial charge in [-0.25, -0.2) is 0 Å². The molecule has 2 aromatic rings. The molecule has 1 aromatic heterocycles. The summed E-state index contributed by atoms with van der Waals surface area (Å²) in [5.74, 6) is -0.128. The second-order valence-corrected chi connectivity index (χ2v) is 6.27. The minimum absolute atomic E-state index is 0. The molecular weight excluding hydrogens is 361 g/mol. The molecule has 1 fully saturated rings. The second kappa shape index (κ2) is 8.20. The molecule has 0 bridgehead atoms. The molecule has 0 spiro atoms. The van der Waals surface area contributed by atoms with Gasteiger partial charge in [-0.3, -0.25) is 4.90 Å². The van der Waals surface area contributed by atoms with Crippen LogP contribution in [-0.2, 0) is 0 Å². The van der Waals surface area contributed by atoms with Crippen molar-refractivity contribution in [1.29, 1.82) is 0 Å². The molecule has 0 radical (unpaired) electrons. The van der Waals surface area contributed by atoms with Crippen LogP contribution in [0.15, 0.2) is 41.8 Å². The molecule has 24 heavy (non-hydrogen) atoms. The van der Waals surface area contributed by atoms with E-state index in [1.165, 1.54) is 6.07 Å². The summed E-state index contributed by atoms with van der Waals surface area (Å²) >= 11 is 1.55. The fourth-order valence-electron chi connectivity index (χ4n) is 2.84. The van der Waals surface area contributed by atoms with Crippen LogP contribution in [-0.4, -0.2) is 37.4 Å². The van der Waals surface area contributed by atoms with Crippen LogP contribution in [0.3, 0.4) is 0 Å². The van der Waals surface area contributed by atoms with Gasteiger partial charge in [0.25, 0.3) is 0 Å². The molecule has 0 amide bonds. The molecule has 132 valence electrons. The standard InChI is InChI=1S/C16H17F3N2OS.ClH/c17-16(18,19)22-13-5-2-1-4-12(13)15(14-6-3-11-23-14)21-9-7-20-8-10-21;/h1-6,11,15,20H,7-10H2;1H/t15-;/m1./s1. The van der Waals surface area contributed by atoms with Crippen LogP contribution in [0.4, 0.5) is 13.2 Å². The van der Waals surface area contributed by atoms with Crippen molar-refractivity contribution in [1.82, 2.24) is 10.2 Å². The van der Waals surface area contributed by atoms with Gasteiger partial charge in [0, 0.05) is 36.6 Å². The molecule has 1 aromatic carbocycles. The molecule has 2 heterocycles. The Morgan fingerprint density at radius 2 is 1.79 bits per heavy atom. The van der Waals surface area contributed by atoms with Crippen LogP contribution in [0.1, 0.15) is 16.5 Å². The quantitative estimate of drug-likeness (QED) is 0.868. The average molecular weight is 379 g/mol. The Hall–Kier alpha value is -1.28. The van der Waals surface area contributed by atoms with Crippen molar-refractivity contribution in [2.45, 2.75) is 12.4 Å². The molecule has 8 heteroatoms. The summed E-state index contributed by atoms with van der Waals surface area (Å²) in [5, 5.41) is 5.21. The van der Waals surface area contributed by atoms with E-state index >= 15 is 0 Å². The Morgan fingerprint density at radius 3 is 2.42 bits per heavy atom. The van der Waals surface area contributed by atoms with Gasteiger partial charge in [-0.1, -0.05) is 24.3 Å². The number of rotatable bonds is 4. The zero-order valence-corrected chi connectivity index (χ0v) is 14.4. The molecule has 1 saturated heterocycles. The lowest BCUT2D eigenvalue weighted by Gasteiger charge is -2.35. The molecule has 3 rings (SSSR count). The monoisotopic (exact) mass is 378 g/mol. The number of nitrogens with zero attached hydrogens (tertiary/aromatic N) is 1. The zero-order chi connectivity index (χ0) is 16.3. The smallest absolute Gasteiger partial charge is 0.405 e. The van der Waals surface area contributed by atoms with E-state index in [2.05, 4.69) is 15.0 Å². The number of piperazine rings is 1. The molecule has 1 aliphatic heterocycles. The second-order valence-electron chi connectivity index (χ2n) is 5.29. The average Bonchev–Trinajstić information content (AvgIpc) is 3.03. The summed E-state index contributed by atoms with van der Waals surface area (Å²) in [5.41, 5.74) is 0.550. The molecule has 1 aliphatic rings. The van der Waals surface area contributed by atoms with E-state index in [9.17, 15) is 13.2 Å². The number of para-hydroxylation sites is 1. The van der Waals surface area contributed by atoms with Gasteiger partial charge in [-0.05, 0) is 17.5 Å². The summed E-state index contributed by atoms with van der Waals surface area (Å²) in [4.78, 5) is 3.21. The summed E-state index contributed by atoms with van der Waals surface area (Å²) in [6, 6.07) is 10.1. The highest BCUT2D eigenvalue weighted by Gasteiger charge is 2.34. The maximum Gasteiger partial charge on any atom is 0.573 e. The Kier molecular flexibility index (Phi) is 6.51. The van der Waals surface area contributed by atoms with E-state index in [0.29, 0.717) is 5.56 Å². The molecule has 1 atom stereocenters. The van der Waals surface area contributed by atoms with E-state index in [4.69, 9.17) is 0 Å². The fraction of sp³-hybridized carbons (Fsp3) is 0.375. The lowest BCUT2D eigenvalue weighted by atomic mass is 10.0. The Labute approximate surface area is 148 Å². The zero-order valence-electron chi connectivity index (χ0n) is 12.8. The van der Waals surface area contributed by atoms with Crippen LogP contribution in [0, 0.1) is 0 Å². The summed E-state index contributed by atoms with van der Waals surface area (Å²) in [7, 11) is 0. The Morgan fingerprint density at radius 1 is 1.08 bits per heavy atom. The number of nitrogens with one attached hydrogen (secondary N) is 1. The van der Waals surface area contributed by atoms with Crippen molar-refractivity contribution >= 4 is 23.7 Å². The highest BCUT2D eigenvalue weighted by molar-refractivity contribution is 7.10. The molecule has 1 N–H and O–H groups in total.